The van der Waals surface area contributed by atoms with Crippen LogP contribution < -0.4 is 31.2 Å². The lowest BCUT2D eigenvalue weighted by Gasteiger charge is -2.48. The van der Waals surface area contributed by atoms with Crippen LogP contribution in [0.5, 0.6) is 28.7 Å². The number of pyridine rings is 1. The largest absolute Gasteiger partial charge is 0.504 e. The topological polar surface area (TPSA) is 202 Å². The van der Waals surface area contributed by atoms with Crippen LogP contribution in [0, 0.1) is 23.7 Å². The third-order valence-electron chi connectivity index (χ3n) is 12.6. The molecule has 2 fully saturated rings. The molecule has 1 saturated heterocycles. The van der Waals surface area contributed by atoms with Gasteiger partial charge in [-0.1, -0.05) is 24.1 Å². The average Bonchev–Trinajstić information content (AvgIpc) is 3.28. The van der Waals surface area contributed by atoms with Gasteiger partial charge in [0.25, 0.3) is 0 Å². The Morgan fingerprint density at radius 2 is 2.00 bits per heavy atom. The van der Waals surface area contributed by atoms with E-state index < -0.39 is 29.8 Å². The second-order valence-electron chi connectivity index (χ2n) is 17.1. The maximum atomic E-state index is 12.4. The number of hydrogen-bond donors (Lipinski definition) is 7. The van der Waals surface area contributed by atoms with E-state index in [2.05, 4.69) is 38.9 Å². The van der Waals surface area contributed by atoms with Crippen LogP contribution in [0.3, 0.4) is 0 Å². The Kier molecular flexibility index (Phi) is 13.3. The first-order valence-electron chi connectivity index (χ1n) is 21.9. The number of carbonyl (C=O) groups is 1. The highest BCUT2D eigenvalue weighted by atomic mass is 16.6. The molecule has 3 aromatic rings. The van der Waals surface area contributed by atoms with Crippen molar-refractivity contribution in [1.29, 1.82) is 0 Å². The van der Waals surface area contributed by atoms with E-state index in [9.17, 15) is 20.1 Å². The molecule has 8 rings (SSSR count). The van der Waals surface area contributed by atoms with E-state index in [4.69, 9.17) is 29.7 Å². The number of ether oxygens (including phenoxy) is 4. The third-order valence-corrected chi connectivity index (χ3v) is 12.6. The van der Waals surface area contributed by atoms with E-state index in [0.717, 1.165) is 68.7 Å². The minimum Gasteiger partial charge on any atom is -0.504 e. The molecule has 0 unspecified atom stereocenters. The van der Waals surface area contributed by atoms with Crippen molar-refractivity contribution in [2.75, 3.05) is 26.2 Å². The number of rotatable bonds is 11. The molecule has 0 radical (unpaired) electrons. The van der Waals surface area contributed by atoms with Crippen LogP contribution in [0.25, 0.3) is 0 Å². The van der Waals surface area contributed by atoms with Crippen LogP contribution in [0.15, 0.2) is 83.4 Å². The number of esters is 1. The van der Waals surface area contributed by atoms with Gasteiger partial charge in [-0.2, -0.15) is 0 Å². The molecular weight excluding hydrogens is 789 g/mol. The van der Waals surface area contributed by atoms with E-state index in [1.54, 1.807) is 24.5 Å². The fourth-order valence-electron chi connectivity index (χ4n) is 9.54. The van der Waals surface area contributed by atoms with Crippen LogP contribution in [-0.4, -0.2) is 82.3 Å². The Labute approximate surface area is 363 Å². The first-order chi connectivity index (χ1) is 30.1. The van der Waals surface area contributed by atoms with Gasteiger partial charge in [-0.05, 0) is 104 Å². The predicted octanol–water partition coefficient (Wildman–Crippen LogP) is 5.57. The van der Waals surface area contributed by atoms with E-state index in [0.29, 0.717) is 55.8 Å². The summed E-state index contributed by atoms with van der Waals surface area (Å²) in [4.78, 5) is 21.4. The maximum Gasteiger partial charge on any atom is 0.302 e. The molecule has 1 aromatic heterocycles. The number of carbonyl (C=O) groups excluding carboxylic acids is 1. The molecule has 7 atom stereocenters. The summed E-state index contributed by atoms with van der Waals surface area (Å²) in [6, 6.07) is 12.5. The number of nitrogens with two attached hydrogens (primary N) is 1. The summed E-state index contributed by atoms with van der Waals surface area (Å²) in [5.41, 5.74) is 9.34. The summed E-state index contributed by atoms with van der Waals surface area (Å²) in [6.07, 6.45) is 13.5. The lowest BCUT2D eigenvalue weighted by molar-refractivity contribution is -0.164. The zero-order valence-corrected chi connectivity index (χ0v) is 35.3. The highest BCUT2D eigenvalue weighted by Crippen LogP contribution is 2.45. The molecule has 0 amide bonds. The lowest BCUT2D eigenvalue weighted by atomic mass is 9.69. The summed E-state index contributed by atoms with van der Waals surface area (Å²) >= 11 is 0. The molecule has 2 bridgehead atoms. The van der Waals surface area contributed by atoms with Gasteiger partial charge in [0.1, 0.15) is 12.2 Å². The van der Waals surface area contributed by atoms with Crippen LogP contribution in [0.4, 0.5) is 0 Å². The van der Waals surface area contributed by atoms with Gasteiger partial charge in [0.15, 0.2) is 29.0 Å². The van der Waals surface area contributed by atoms with Crippen LogP contribution in [-0.2, 0) is 27.1 Å². The molecule has 5 heterocycles. The Morgan fingerprint density at radius 3 is 2.84 bits per heavy atom. The van der Waals surface area contributed by atoms with Gasteiger partial charge in [-0.3, -0.25) is 14.8 Å². The minimum absolute atomic E-state index is 0.0753. The molecule has 5 aliphatic rings. The summed E-state index contributed by atoms with van der Waals surface area (Å²) in [5, 5.41) is 43.2. The SMILES string of the molecule is CC(=O)O[C@H]1C[C@@H](c2cc(O)c(O)c(OCCc3cccnc3)c2)O[C@@H]([C@H]2CC#C[C@H]3[C@H](CCC[C@@]34CCN=C(NCCCC3=CCNC(N)=C3)N4)Oc3cc(ccc3O)C2)C1. The van der Waals surface area contributed by atoms with Crippen molar-refractivity contribution in [3.05, 3.63) is 95.1 Å². The van der Waals surface area contributed by atoms with Crippen LogP contribution >= 0.6 is 0 Å². The summed E-state index contributed by atoms with van der Waals surface area (Å²) in [7, 11) is 0. The third kappa shape index (κ3) is 10.3. The quantitative estimate of drug-likeness (QED) is 0.0547. The van der Waals surface area contributed by atoms with Gasteiger partial charge in [-0.25, -0.2) is 0 Å². The van der Waals surface area contributed by atoms with Gasteiger partial charge in [0, 0.05) is 70.6 Å². The van der Waals surface area contributed by atoms with E-state index in [1.165, 1.54) is 18.6 Å². The summed E-state index contributed by atoms with van der Waals surface area (Å²) < 4.78 is 25.5. The smallest absolute Gasteiger partial charge is 0.302 e. The second kappa shape index (κ2) is 19.3. The fourth-order valence-corrected chi connectivity index (χ4v) is 9.54. The fraction of sp³-hybridized carbons (Fsp3) is 0.479. The van der Waals surface area contributed by atoms with Crippen molar-refractivity contribution in [1.82, 2.24) is 20.9 Å². The molecule has 14 heteroatoms. The zero-order chi connectivity index (χ0) is 43.1. The van der Waals surface area contributed by atoms with Crippen molar-refractivity contribution in [3.63, 3.8) is 0 Å². The molecule has 2 aromatic carbocycles. The number of guanidine groups is 1. The van der Waals surface area contributed by atoms with E-state index in [-0.39, 0.29) is 47.5 Å². The van der Waals surface area contributed by atoms with Gasteiger partial charge in [0.05, 0.1) is 36.1 Å². The van der Waals surface area contributed by atoms with Crippen molar-refractivity contribution < 1.29 is 39.1 Å². The number of phenols is 3. The number of dihydropyridines is 1. The normalized spacial score (nSPS) is 26.8. The highest BCUT2D eigenvalue weighted by Gasteiger charge is 2.48. The van der Waals surface area contributed by atoms with E-state index >= 15 is 0 Å². The zero-order valence-electron chi connectivity index (χ0n) is 35.3. The van der Waals surface area contributed by atoms with Crippen molar-refractivity contribution in [3.8, 4) is 40.6 Å². The monoisotopic (exact) mass is 846 g/mol. The molecule has 1 spiro atoms. The number of aliphatic imine (C=N–C) groups is 1. The number of nitrogens with one attached hydrogen (secondary N) is 3. The Hall–Kier alpha value is -6.07. The molecule has 328 valence electrons. The molecule has 1 aliphatic carbocycles. The van der Waals surface area contributed by atoms with Gasteiger partial charge in [0.2, 0.25) is 5.75 Å². The first-order valence-corrected chi connectivity index (χ1v) is 21.9. The highest BCUT2D eigenvalue weighted by molar-refractivity contribution is 5.81. The van der Waals surface area contributed by atoms with Gasteiger partial charge in [-0.15, -0.1) is 5.92 Å². The second-order valence-corrected chi connectivity index (χ2v) is 17.1. The predicted molar refractivity (Wildman–Crippen MR) is 233 cm³/mol. The Balaban J connectivity index is 1.03. The number of hydrogen-bond acceptors (Lipinski definition) is 14. The average molecular weight is 847 g/mol. The van der Waals surface area contributed by atoms with Crippen LogP contribution in [0.1, 0.15) is 87.5 Å². The maximum absolute atomic E-state index is 12.4. The molecular formula is C48H58N6O8. The number of phenolic OH excluding ortho intramolecular Hbond substituents is 3. The van der Waals surface area contributed by atoms with Gasteiger partial charge < -0.3 is 56.0 Å². The number of benzene rings is 2. The number of nitrogens with zero attached hydrogens (tertiary/aromatic N) is 2. The minimum atomic E-state index is -0.594. The summed E-state index contributed by atoms with van der Waals surface area (Å²) in [5.74, 6) is 7.96. The van der Waals surface area contributed by atoms with Gasteiger partial charge >= 0.3 is 5.97 Å². The lowest BCUT2D eigenvalue weighted by Crippen LogP contribution is -2.64. The molecule has 4 aliphatic heterocycles. The van der Waals surface area contributed by atoms with E-state index in [1.807, 2.05) is 30.3 Å². The molecule has 8 N–H and O–H groups in total. The Bertz CT molecular complexity index is 2240. The van der Waals surface area contributed by atoms with Crippen molar-refractivity contribution in [2.45, 2.75) is 108 Å². The van der Waals surface area contributed by atoms with Crippen molar-refractivity contribution >= 4 is 11.9 Å². The summed E-state index contributed by atoms with van der Waals surface area (Å²) in [6.45, 7) is 3.80. The molecule has 14 nitrogen and oxygen atoms in total. The van der Waals surface area contributed by atoms with Crippen LogP contribution in [0.2, 0.25) is 0 Å². The number of fused-ring (bicyclic) bond motifs is 4. The number of allylic oxidation sites excluding steroid dienone is 2. The van der Waals surface area contributed by atoms with Crippen molar-refractivity contribution in [2.24, 2.45) is 22.6 Å². The number of aromatic nitrogens is 1. The standard InChI is InChI=1S/C48H58N6O8/c1-30(55)60-36-27-41(62-42(28-36)35-25-39(57)46(58)44(26-35)59-21-14-32-7-4-17-50-29-32)34-8-2-9-37-40(61-43-23-33(22-34)11-12-38(43)56)10-3-15-48(37)16-20-53-47(54-48)52-18-5-6-31-13-19-51-45(49)24-31/h4,7,11-13,17,23-26,29,34,36-37,40-42,51,56-58H,3,5-6,8,10,14-16,18-22,27-28,49H2,1H3,(H2,52,53,54)/t34-,36+,37-,40-,41+,42-,48+/m0/s1. The number of aromatic hydroxyl groups is 3. The Morgan fingerprint density at radius 1 is 1.10 bits per heavy atom. The molecule has 62 heavy (non-hydrogen) atoms. The first kappa shape index (κ1) is 42.6. The molecule has 1 saturated carbocycles.